The number of amides is 1. The van der Waals surface area contributed by atoms with Crippen LogP contribution < -0.4 is 16.6 Å². The number of carbonyl (C=O) groups excluding carboxylic acids is 1. The van der Waals surface area contributed by atoms with E-state index in [1.165, 1.54) is 24.9 Å². The molecule has 16 heavy (non-hydrogen) atoms. The minimum atomic E-state index is -0.572. The van der Waals surface area contributed by atoms with Crippen molar-refractivity contribution >= 4 is 5.91 Å². The maximum Gasteiger partial charge on any atom is 0.330 e. The van der Waals surface area contributed by atoms with Gasteiger partial charge in [0.2, 0.25) is 0 Å². The fraction of sp³-hybridized carbons (Fsp3) is 0.500. The van der Waals surface area contributed by atoms with Gasteiger partial charge in [-0.2, -0.15) is 0 Å². The van der Waals surface area contributed by atoms with Crippen molar-refractivity contribution in [2.75, 3.05) is 6.54 Å². The monoisotopic (exact) mass is 225 g/mol. The van der Waals surface area contributed by atoms with E-state index < -0.39 is 17.2 Å². The number of hydrogen-bond acceptors (Lipinski definition) is 3. The summed E-state index contributed by atoms with van der Waals surface area (Å²) in [5, 5.41) is 2.60. The van der Waals surface area contributed by atoms with Crippen LogP contribution in [0.2, 0.25) is 0 Å². The lowest BCUT2D eigenvalue weighted by Crippen LogP contribution is -2.42. The number of nitrogens with zero attached hydrogens (tertiary/aromatic N) is 2. The second-order valence-electron chi connectivity index (χ2n) is 3.56. The second-order valence-corrected chi connectivity index (χ2v) is 3.56. The molecule has 6 heteroatoms. The van der Waals surface area contributed by atoms with E-state index in [1.54, 1.807) is 0 Å². The summed E-state index contributed by atoms with van der Waals surface area (Å²) in [6.07, 6.45) is 2.05. The molecule has 0 unspecified atom stereocenters. The van der Waals surface area contributed by atoms with Gasteiger partial charge in [0.25, 0.3) is 11.5 Å². The lowest BCUT2D eigenvalue weighted by Gasteiger charge is -2.06. The van der Waals surface area contributed by atoms with Crippen molar-refractivity contribution < 1.29 is 4.79 Å². The molecule has 0 aliphatic rings. The van der Waals surface area contributed by atoms with Crippen molar-refractivity contribution in [1.29, 1.82) is 0 Å². The Kier molecular flexibility index (Phi) is 3.65. The topological polar surface area (TPSA) is 73.1 Å². The first-order valence-corrected chi connectivity index (χ1v) is 5.04. The Morgan fingerprint density at radius 1 is 1.38 bits per heavy atom. The molecule has 1 heterocycles. The van der Waals surface area contributed by atoms with Crippen LogP contribution in [0.1, 0.15) is 23.7 Å². The van der Waals surface area contributed by atoms with Gasteiger partial charge in [0.1, 0.15) is 5.56 Å². The molecule has 0 atom stereocenters. The predicted octanol–water partition coefficient (Wildman–Crippen LogP) is -0.776. The van der Waals surface area contributed by atoms with Gasteiger partial charge in [-0.05, 0) is 6.42 Å². The van der Waals surface area contributed by atoms with Gasteiger partial charge in [-0.3, -0.25) is 14.2 Å². The predicted molar refractivity (Wildman–Crippen MR) is 59.5 cm³/mol. The van der Waals surface area contributed by atoms with Crippen molar-refractivity contribution in [3.8, 4) is 0 Å². The van der Waals surface area contributed by atoms with Gasteiger partial charge in [-0.15, -0.1) is 0 Å². The molecule has 0 fully saturated rings. The Morgan fingerprint density at radius 3 is 2.56 bits per heavy atom. The molecule has 0 aliphatic heterocycles. The zero-order valence-electron chi connectivity index (χ0n) is 9.61. The highest BCUT2D eigenvalue weighted by molar-refractivity contribution is 5.93. The molecule has 0 aromatic carbocycles. The summed E-state index contributed by atoms with van der Waals surface area (Å²) >= 11 is 0. The van der Waals surface area contributed by atoms with Gasteiger partial charge in [0.05, 0.1) is 0 Å². The van der Waals surface area contributed by atoms with E-state index in [4.69, 9.17) is 0 Å². The third kappa shape index (κ3) is 2.21. The van der Waals surface area contributed by atoms with Crippen molar-refractivity contribution in [3.63, 3.8) is 0 Å². The second kappa shape index (κ2) is 4.78. The maximum absolute atomic E-state index is 11.6. The van der Waals surface area contributed by atoms with Gasteiger partial charge in [0, 0.05) is 26.8 Å². The molecule has 88 valence electrons. The summed E-state index contributed by atoms with van der Waals surface area (Å²) in [5.74, 6) is -0.446. The van der Waals surface area contributed by atoms with Crippen LogP contribution in [0, 0.1) is 0 Å². The SMILES string of the molecule is CCCNC(=O)c1cn(C)c(=O)n(C)c1=O. The minimum absolute atomic E-state index is 0.0157. The molecule has 1 rings (SSSR count). The Bertz CT molecular complexity index is 513. The number of rotatable bonds is 3. The average molecular weight is 225 g/mol. The number of nitrogens with one attached hydrogen (secondary N) is 1. The molecule has 0 saturated heterocycles. The molecule has 1 amide bonds. The molecule has 0 radical (unpaired) electrons. The van der Waals surface area contributed by atoms with Crippen LogP contribution in [0.4, 0.5) is 0 Å². The molecule has 6 nitrogen and oxygen atoms in total. The summed E-state index contributed by atoms with van der Waals surface area (Å²) in [7, 11) is 2.85. The Labute approximate surface area is 92.5 Å². The minimum Gasteiger partial charge on any atom is -0.352 e. The van der Waals surface area contributed by atoms with Crippen molar-refractivity contribution in [2.45, 2.75) is 13.3 Å². The Morgan fingerprint density at radius 2 is 2.00 bits per heavy atom. The molecule has 0 aliphatic carbocycles. The number of carbonyl (C=O) groups is 1. The summed E-state index contributed by atoms with van der Waals surface area (Å²) in [5.41, 5.74) is -1.04. The Hall–Kier alpha value is -1.85. The van der Waals surface area contributed by atoms with Crippen LogP contribution in [-0.4, -0.2) is 21.6 Å². The first-order valence-electron chi connectivity index (χ1n) is 5.04. The standard InChI is InChI=1S/C10H15N3O3/c1-4-5-11-8(14)7-6-12(2)10(16)13(3)9(7)15/h6H,4-5H2,1-3H3,(H,11,14). The van der Waals surface area contributed by atoms with Crippen molar-refractivity contribution in [1.82, 2.24) is 14.5 Å². The third-order valence-electron chi connectivity index (χ3n) is 2.23. The molecule has 1 aromatic heterocycles. The van der Waals surface area contributed by atoms with E-state index in [0.29, 0.717) is 6.54 Å². The maximum atomic E-state index is 11.6. The van der Waals surface area contributed by atoms with E-state index in [1.807, 2.05) is 6.92 Å². The van der Waals surface area contributed by atoms with Gasteiger partial charge in [-0.25, -0.2) is 4.79 Å². The molecule has 0 spiro atoms. The van der Waals surface area contributed by atoms with Crippen molar-refractivity contribution in [2.24, 2.45) is 14.1 Å². The van der Waals surface area contributed by atoms with Crippen LogP contribution in [-0.2, 0) is 14.1 Å². The van der Waals surface area contributed by atoms with Crippen LogP contribution >= 0.6 is 0 Å². The molecule has 1 N–H and O–H groups in total. The lowest BCUT2D eigenvalue weighted by atomic mass is 10.3. The van der Waals surface area contributed by atoms with Crippen LogP contribution in [0.5, 0.6) is 0 Å². The summed E-state index contributed by atoms with van der Waals surface area (Å²) < 4.78 is 2.13. The number of hydrogen-bond donors (Lipinski definition) is 1. The number of aryl methyl sites for hydroxylation is 1. The number of aromatic nitrogens is 2. The average Bonchev–Trinajstić information content (AvgIpc) is 2.28. The largest absolute Gasteiger partial charge is 0.352 e. The normalized spacial score (nSPS) is 10.2. The molecule has 0 bridgehead atoms. The lowest BCUT2D eigenvalue weighted by molar-refractivity contribution is 0.0950. The van der Waals surface area contributed by atoms with Gasteiger partial charge in [-0.1, -0.05) is 6.92 Å². The van der Waals surface area contributed by atoms with Gasteiger partial charge >= 0.3 is 5.69 Å². The summed E-state index contributed by atoms with van der Waals surface area (Å²) in [6.45, 7) is 2.42. The Balaban J connectivity index is 3.21. The quantitative estimate of drug-likeness (QED) is 0.733. The van der Waals surface area contributed by atoms with Crippen LogP contribution in [0.25, 0.3) is 0 Å². The summed E-state index contributed by atoms with van der Waals surface area (Å²) in [6, 6.07) is 0. The van der Waals surface area contributed by atoms with E-state index in [0.717, 1.165) is 11.0 Å². The highest BCUT2D eigenvalue weighted by Crippen LogP contribution is 1.88. The highest BCUT2D eigenvalue weighted by atomic mass is 16.2. The fourth-order valence-corrected chi connectivity index (χ4v) is 1.30. The first-order chi connectivity index (χ1) is 7.49. The smallest absolute Gasteiger partial charge is 0.330 e. The highest BCUT2D eigenvalue weighted by Gasteiger charge is 2.13. The molecule has 0 saturated carbocycles. The van der Waals surface area contributed by atoms with Gasteiger partial charge in [0.15, 0.2) is 0 Å². The third-order valence-corrected chi connectivity index (χ3v) is 2.23. The van der Waals surface area contributed by atoms with Crippen molar-refractivity contribution in [3.05, 3.63) is 32.6 Å². The van der Waals surface area contributed by atoms with Gasteiger partial charge < -0.3 is 9.88 Å². The zero-order chi connectivity index (χ0) is 12.3. The zero-order valence-corrected chi connectivity index (χ0v) is 9.61. The molecular formula is C10H15N3O3. The molecular weight excluding hydrogens is 210 g/mol. The van der Waals surface area contributed by atoms with E-state index in [2.05, 4.69) is 5.32 Å². The van der Waals surface area contributed by atoms with E-state index in [-0.39, 0.29) is 5.56 Å². The van der Waals surface area contributed by atoms with Crippen LogP contribution in [0.3, 0.4) is 0 Å². The molecule has 1 aromatic rings. The fourth-order valence-electron chi connectivity index (χ4n) is 1.30. The van der Waals surface area contributed by atoms with E-state index in [9.17, 15) is 14.4 Å². The van der Waals surface area contributed by atoms with E-state index >= 15 is 0 Å². The first kappa shape index (κ1) is 12.2. The summed E-state index contributed by atoms with van der Waals surface area (Å²) in [4.78, 5) is 34.6. The van der Waals surface area contributed by atoms with Crippen LogP contribution in [0.15, 0.2) is 15.8 Å².